The molecule has 2 N–H and O–H groups in total. The van der Waals surface area contributed by atoms with Crippen molar-refractivity contribution in [2.45, 2.75) is 33.7 Å². The fourth-order valence-corrected chi connectivity index (χ4v) is 3.39. The standard InChI is InChI=1S/C24H30N4O3/c1-16(2)23(29)27-19-13-20(24(30)25-11-8-12-31-4)22-21(14-19)26-17(3)28(22)15-18-9-6-5-7-10-18/h5-7,9-10,13-14,16H,8,11-12,15H2,1-4H3,(H,25,30)(H,27,29). The molecule has 0 bridgehead atoms. The average molecular weight is 423 g/mol. The van der Waals surface area contributed by atoms with Gasteiger partial charge in [-0.15, -0.1) is 0 Å². The monoisotopic (exact) mass is 422 g/mol. The van der Waals surface area contributed by atoms with E-state index in [9.17, 15) is 9.59 Å². The number of aryl methyl sites for hydroxylation is 1. The van der Waals surface area contributed by atoms with Crippen molar-refractivity contribution in [3.8, 4) is 0 Å². The van der Waals surface area contributed by atoms with E-state index in [-0.39, 0.29) is 17.7 Å². The Balaban J connectivity index is 2.03. The molecular formula is C24H30N4O3. The number of rotatable bonds is 9. The second-order valence-corrected chi connectivity index (χ2v) is 7.87. The number of fused-ring (bicyclic) bond motifs is 1. The maximum Gasteiger partial charge on any atom is 0.253 e. The van der Waals surface area contributed by atoms with Gasteiger partial charge >= 0.3 is 0 Å². The number of nitrogens with one attached hydrogen (secondary N) is 2. The molecule has 2 amide bonds. The zero-order valence-corrected chi connectivity index (χ0v) is 18.6. The Labute approximate surface area is 182 Å². The van der Waals surface area contributed by atoms with Crippen LogP contribution in [-0.4, -0.2) is 41.6 Å². The molecule has 1 aromatic heterocycles. The van der Waals surface area contributed by atoms with Gasteiger partial charge in [0.1, 0.15) is 5.82 Å². The minimum atomic E-state index is -0.198. The molecule has 0 radical (unpaired) electrons. The summed E-state index contributed by atoms with van der Waals surface area (Å²) in [5.74, 6) is 0.334. The Hall–Kier alpha value is -3.19. The lowest BCUT2D eigenvalue weighted by molar-refractivity contribution is -0.118. The van der Waals surface area contributed by atoms with Gasteiger partial charge in [0, 0.05) is 38.4 Å². The highest BCUT2D eigenvalue weighted by atomic mass is 16.5. The van der Waals surface area contributed by atoms with Crippen molar-refractivity contribution < 1.29 is 14.3 Å². The molecule has 0 aliphatic heterocycles. The van der Waals surface area contributed by atoms with Crippen LogP contribution in [0.3, 0.4) is 0 Å². The Morgan fingerprint density at radius 2 is 1.90 bits per heavy atom. The lowest BCUT2D eigenvalue weighted by Crippen LogP contribution is -2.26. The van der Waals surface area contributed by atoms with E-state index in [0.29, 0.717) is 36.5 Å². The SMILES string of the molecule is COCCCNC(=O)c1cc(NC(=O)C(C)C)cc2nc(C)n(Cc3ccccc3)c12. The minimum Gasteiger partial charge on any atom is -0.385 e. The number of hydrogen-bond acceptors (Lipinski definition) is 4. The smallest absolute Gasteiger partial charge is 0.253 e. The molecule has 2 aromatic carbocycles. The van der Waals surface area contributed by atoms with E-state index in [1.807, 2.05) is 61.7 Å². The molecule has 31 heavy (non-hydrogen) atoms. The van der Waals surface area contributed by atoms with Crippen molar-refractivity contribution in [3.05, 3.63) is 59.4 Å². The number of carbonyl (C=O) groups excluding carboxylic acids is 2. The Bertz CT molecular complexity index is 1060. The van der Waals surface area contributed by atoms with E-state index in [1.54, 1.807) is 13.2 Å². The average Bonchev–Trinajstić information content (AvgIpc) is 3.06. The molecule has 0 saturated carbocycles. The quantitative estimate of drug-likeness (QED) is 0.514. The molecule has 0 aliphatic carbocycles. The summed E-state index contributed by atoms with van der Waals surface area (Å²) in [5, 5.41) is 5.85. The van der Waals surface area contributed by atoms with Crippen LogP contribution in [0.5, 0.6) is 0 Å². The predicted molar refractivity (Wildman–Crippen MR) is 122 cm³/mol. The molecule has 0 aliphatic rings. The molecule has 3 rings (SSSR count). The van der Waals surface area contributed by atoms with Gasteiger partial charge in [0.15, 0.2) is 0 Å². The lowest BCUT2D eigenvalue weighted by atomic mass is 10.1. The molecule has 0 unspecified atom stereocenters. The number of benzene rings is 2. The summed E-state index contributed by atoms with van der Waals surface area (Å²) in [7, 11) is 1.64. The normalized spacial score (nSPS) is 11.1. The van der Waals surface area contributed by atoms with E-state index >= 15 is 0 Å². The number of amides is 2. The third-order valence-corrected chi connectivity index (χ3v) is 5.06. The fourth-order valence-electron chi connectivity index (χ4n) is 3.39. The topological polar surface area (TPSA) is 85.2 Å². The van der Waals surface area contributed by atoms with Crippen LogP contribution >= 0.6 is 0 Å². The third kappa shape index (κ3) is 5.49. The van der Waals surface area contributed by atoms with Gasteiger partial charge in [-0.25, -0.2) is 4.98 Å². The summed E-state index contributed by atoms with van der Waals surface area (Å²) in [6.45, 7) is 7.26. The van der Waals surface area contributed by atoms with Crippen LogP contribution in [0.1, 0.15) is 42.0 Å². The number of nitrogens with zero attached hydrogens (tertiary/aromatic N) is 2. The first kappa shape index (κ1) is 22.5. The van der Waals surface area contributed by atoms with Crippen molar-refractivity contribution >= 4 is 28.5 Å². The predicted octanol–water partition coefficient (Wildman–Crippen LogP) is 3.75. The van der Waals surface area contributed by atoms with E-state index in [1.165, 1.54) is 0 Å². The molecule has 0 fully saturated rings. The summed E-state index contributed by atoms with van der Waals surface area (Å²) in [5.41, 5.74) is 3.61. The van der Waals surface area contributed by atoms with E-state index < -0.39 is 0 Å². The summed E-state index contributed by atoms with van der Waals surface area (Å²) in [6, 6.07) is 13.6. The second kappa shape index (κ2) is 10.2. The van der Waals surface area contributed by atoms with Gasteiger partial charge in [-0.2, -0.15) is 0 Å². The first-order valence-electron chi connectivity index (χ1n) is 10.5. The number of carbonyl (C=O) groups is 2. The van der Waals surface area contributed by atoms with Crippen LogP contribution in [0.2, 0.25) is 0 Å². The van der Waals surface area contributed by atoms with E-state index in [2.05, 4.69) is 15.6 Å². The molecule has 3 aromatic rings. The van der Waals surface area contributed by atoms with Crippen LogP contribution in [0, 0.1) is 12.8 Å². The van der Waals surface area contributed by atoms with Crippen LogP contribution in [0.4, 0.5) is 5.69 Å². The van der Waals surface area contributed by atoms with Crippen LogP contribution < -0.4 is 10.6 Å². The van der Waals surface area contributed by atoms with Gasteiger partial charge in [0.05, 0.1) is 16.6 Å². The fraction of sp³-hybridized carbons (Fsp3) is 0.375. The van der Waals surface area contributed by atoms with Gasteiger partial charge in [0.2, 0.25) is 5.91 Å². The maximum absolute atomic E-state index is 13.1. The largest absolute Gasteiger partial charge is 0.385 e. The Kier molecular flexibility index (Phi) is 7.41. The zero-order valence-electron chi connectivity index (χ0n) is 18.6. The van der Waals surface area contributed by atoms with Gasteiger partial charge in [-0.05, 0) is 31.0 Å². The Morgan fingerprint density at radius 1 is 1.16 bits per heavy atom. The van der Waals surface area contributed by atoms with Crippen LogP contribution in [-0.2, 0) is 16.1 Å². The highest BCUT2D eigenvalue weighted by Gasteiger charge is 2.20. The molecule has 0 saturated heterocycles. The summed E-state index contributed by atoms with van der Waals surface area (Å²) >= 11 is 0. The number of hydrogen-bond donors (Lipinski definition) is 2. The van der Waals surface area contributed by atoms with Gasteiger partial charge < -0.3 is 19.9 Å². The molecule has 1 heterocycles. The van der Waals surface area contributed by atoms with Crippen molar-refractivity contribution in [2.75, 3.05) is 25.6 Å². The van der Waals surface area contributed by atoms with Gasteiger partial charge in [0.25, 0.3) is 5.91 Å². The highest BCUT2D eigenvalue weighted by molar-refractivity contribution is 6.07. The molecule has 7 nitrogen and oxygen atoms in total. The van der Waals surface area contributed by atoms with Crippen molar-refractivity contribution in [3.63, 3.8) is 0 Å². The Morgan fingerprint density at radius 3 is 2.58 bits per heavy atom. The highest BCUT2D eigenvalue weighted by Crippen LogP contribution is 2.26. The number of ether oxygens (including phenoxy) is 1. The number of methoxy groups -OCH3 is 1. The van der Waals surface area contributed by atoms with Crippen LogP contribution in [0.15, 0.2) is 42.5 Å². The summed E-state index contributed by atoms with van der Waals surface area (Å²) < 4.78 is 7.11. The van der Waals surface area contributed by atoms with E-state index in [4.69, 9.17) is 4.74 Å². The van der Waals surface area contributed by atoms with E-state index in [0.717, 1.165) is 23.3 Å². The van der Waals surface area contributed by atoms with Crippen molar-refractivity contribution in [2.24, 2.45) is 5.92 Å². The first-order chi connectivity index (χ1) is 14.9. The molecule has 7 heteroatoms. The van der Waals surface area contributed by atoms with Crippen molar-refractivity contribution in [1.82, 2.24) is 14.9 Å². The molecule has 0 atom stereocenters. The minimum absolute atomic E-state index is 0.105. The summed E-state index contributed by atoms with van der Waals surface area (Å²) in [4.78, 5) is 30.0. The molecule has 164 valence electrons. The first-order valence-corrected chi connectivity index (χ1v) is 10.5. The number of aromatic nitrogens is 2. The lowest BCUT2D eigenvalue weighted by Gasteiger charge is -2.14. The molecule has 0 spiro atoms. The van der Waals surface area contributed by atoms with Gasteiger partial charge in [-0.3, -0.25) is 9.59 Å². The number of anilines is 1. The van der Waals surface area contributed by atoms with Gasteiger partial charge in [-0.1, -0.05) is 44.2 Å². The number of imidazole rings is 1. The molecular weight excluding hydrogens is 392 g/mol. The maximum atomic E-state index is 13.1. The summed E-state index contributed by atoms with van der Waals surface area (Å²) in [6.07, 6.45) is 0.720. The second-order valence-electron chi connectivity index (χ2n) is 7.87. The third-order valence-electron chi connectivity index (χ3n) is 5.06. The zero-order chi connectivity index (χ0) is 22.4. The van der Waals surface area contributed by atoms with Crippen LogP contribution in [0.25, 0.3) is 11.0 Å². The van der Waals surface area contributed by atoms with Crippen molar-refractivity contribution in [1.29, 1.82) is 0 Å².